The zero-order chi connectivity index (χ0) is 24.9. The Bertz CT molecular complexity index is 1150. The molecule has 35 heavy (non-hydrogen) atoms. The molecule has 1 fully saturated rings. The summed E-state index contributed by atoms with van der Waals surface area (Å²) < 4.78 is 65.5. The molecular formula is C20H23F4N9O2. The van der Waals surface area contributed by atoms with Gasteiger partial charge in [-0.3, -0.25) is 10.1 Å². The van der Waals surface area contributed by atoms with Crippen LogP contribution in [0.5, 0.6) is 0 Å². The maximum absolute atomic E-state index is 14.4. The summed E-state index contributed by atoms with van der Waals surface area (Å²) in [4.78, 5) is 18.0. The van der Waals surface area contributed by atoms with Crippen molar-refractivity contribution in [1.29, 1.82) is 0 Å². The summed E-state index contributed by atoms with van der Waals surface area (Å²) in [5.41, 5.74) is 0.633. The number of aromatic amines is 1. The zero-order valence-corrected chi connectivity index (χ0v) is 18.8. The largest absolute Gasteiger partial charge is 0.382 e. The first-order chi connectivity index (χ1) is 16.8. The molecule has 3 aromatic rings. The van der Waals surface area contributed by atoms with E-state index in [1.165, 1.54) is 12.0 Å². The van der Waals surface area contributed by atoms with Gasteiger partial charge in [0.15, 0.2) is 5.82 Å². The molecule has 0 saturated carbocycles. The summed E-state index contributed by atoms with van der Waals surface area (Å²) in [5, 5.41) is 12.6. The number of rotatable bonds is 9. The summed E-state index contributed by atoms with van der Waals surface area (Å²) in [6.45, 7) is 1.84. The van der Waals surface area contributed by atoms with Gasteiger partial charge in [-0.05, 0) is 6.92 Å². The van der Waals surface area contributed by atoms with Crippen molar-refractivity contribution >= 4 is 23.7 Å². The van der Waals surface area contributed by atoms with Crippen molar-refractivity contribution in [1.82, 2.24) is 30.1 Å². The van der Waals surface area contributed by atoms with Crippen LogP contribution in [0.2, 0.25) is 0 Å². The Labute approximate surface area is 197 Å². The molecular weight excluding hydrogens is 474 g/mol. The molecule has 0 aliphatic carbocycles. The van der Waals surface area contributed by atoms with E-state index in [0.29, 0.717) is 11.9 Å². The Morgan fingerprint density at radius 1 is 1.23 bits per heavy atom. The third-order valence-corrected chi connectivity index (χ3v) is 5.09. The molecule has 4 rings (SSSR count). The first-order valence-electron chi connectivity index (χ1n) is 10.6. The maximum atomic E-state index is 14.4. The van der Waals surface area contributed by atoms with E-state index in [0.717, 1.165) is 11.9 Å². The number of H-pyrrole nitrogens is 1. The molecule has 3 N–H and O–H groups in total. The molecule has 4 heterocycles. The van der Waals surface area contributed by atoms with Crippen molar-refractivity contribution in [2.45, 2.75) is 25.4 Å². The molecule has 0 amide bonds. The third kappa shape index (κ3) is 5.92. The number of hydrogen-bond donors (Lipinski definition) is 3. The number of ether oxygens (including phenoxy) is 2. The number of morpholine rings is 1. The number of anilines is 4. The number of methoxy groups -OCH3 is 1. The predicted octanol–water partition coefficient (Wildman–Crippen LogP) is 2.59. The van der Waals surface area contributed by atoms with Gasteiger partial charge in [0, 0.05) is 31.5 Å². The lowest BCUT2D eigenvalue weighted by Crippen LogP contribution is -2.50. The van der Waals surface area contributed by atoms with Gasteiger partial charge in [0.1, 0.15) is 23.4 Å². The van der Waals surface area contributed by atoms with E-state index < -0.39 is 30.1 Å². The highest BCUT2D eigenvalue weighted by atomic mass is 19.3. The number of alkyl halides is 2. The number of aromatic nitrogens is 6. The minimum Gasteiger partial charge on any atom is -0.382 e. The average Bonchev–Trinajstić information content (AvgIpc) is 3.23. The standard InChI is InChI=1S/C20H23F4N9O2/c1-10-5-15(32-31-10)27-19-28-18(26-13(8-34-2)16-12(22)6-11(21)7-25-16)29-20(30-19)33-3-4-35-9-14(33)17(23)24/h5-7,13-14,17H,3-4,8-9H2,1-2H3,(H3,26,27,28,29,30,31,32)/t13-,14-/m0/s1. The highest BCUT2D eigenvalue weighted by Crippen LogP contribution is 2.25. The van der Waals surface area contributed by atoms with E-state index >= 15 is 0 Å². The molecule has 3 aromatic heterocycles. The van der Waals surface area contributed by atoms with Gasteiger partial charge < -0.3 is 25.0 Å². The van der Waals surface area contributed by atoms with E-state index in [9.17, 15) is 17.6 Å². The summed E-state index contributed by atoms with van der Waals surface area (Å²) >= 11 is 0. The van der Waals surface area contributed by atoms with Gasteiger partial charge in [0.05, 0.1) is 32.1 Å². The van der Waals surface area contributed by atoms with Gasteiger partial charge in [-0.2, -0.15) is 20.1 Å². The number of pyridine rings is 1. The maximum Gasteiger partial charge on any atom is 0.260 e. The van der Waals surface area contributed by atoms with Crippen LogP contribution in [0.15, 0.2) is 18.3 Å². The van der Waals surface area contributed by atoms with Crippen molar-refractivity contribution in [2.75, 3.05) is 49.0 Å². The molecule has 2 atom stereocenters. The topological polar surface area (TPSA) is 126 Å². The Morgan fingerprint density at radius 3 is 2.71 bits per heavy atom. The SMILES string of the molecule is COC[C@H](Nc1nc(Nc2cc(C)[nH]n2)nc(N2CCOC[C@H]2C(F)F)n1)c1ncc(F)cc1F. The fraction of sp³-hybridized carbons (Fsp3) is 0.450. The van der Waals surface area contributed by atoms with Crippen LogP contribution in [-0.4, -0.2) is 76.1 Å². The molecule has 1 aliphatic heterocycles. The van der Waals surface area contributed by atoms with Crippen LogP contribution < -0.4 is 15.5 Å². The van der Waals surface area contributed by atoms with Crippen molar-refractivity contribution in [3.63, 3.8) is 0 Å². The van der Waals surface area contributed by atoms with Crippen molar-refractivity contribution < 1.29 is 27.0 Å². The fourth-order valence-electron chi connectivity index (χ4n) is 3.48. The minimum atomic E-state index is -2.72. The third-order valence-electron chi connectivity index (χ3n) is 5.09. The van der Waals surface area contributed by atoms with Gasteiger partial charge in [0.2, 0.25) is 17.8 Å². The molecule has 0 radical (unpaired) electrons. The first-order valence-corrected chi connectivity index (χ1v) is 10.6. The highest BCUT2D eigenvalue weighted by Gasteiger charge is 2.33. The van der Waals surface area contributed by atoms with Crippen molar-refractivity contribution in [3.8, 4) is 0 Å². The Morgan fingerprint density at radius 2 is 2.03 bits per heavy atom. The second-order valence-electron chi connectivity index (χ2n) is 7.69. The summed E-state index contributed by atoms with van der Waals surface area (Å²) in [6, 6.07) is 0.190. The van der Waals surface area contributed by atoms with Crippen LogP contribution in [0.25, 0.3) is 0 Å². The van der Waals surface area contributed by atoms with E-state index in [4.69, 9.17) is 9.47 Å². The quantitative estimate of drug-likeness (QED) is 0.380. The Hall–Kier alpha value is -3.59. The first kappa shape index (κ1) is 24.5. The summed E-state index contributed by atoms with van der Waals surface area (Å²) in [6.07, 6.45) is -1.84. The lowest BCUT2D eigenvalue weighted by atomic mass is 10.2. The monoisotopic (exact) mass is 497 g/mol. The summed E-state index contributed by atoms with van der Waals surface area (Å²) in [5.74, 6) is -1.46. The van der Waals surface area contributed by atoms with Gasteiger partial charge in [-0.15, -0.1) is 0 Å². The lowest BCUT2D eigenvalue weighted by Gasteiger charge is -2.35. The molecule has 0 spiro atoms. The second-order valence-corrected chi connectivity index (χ2v) is 7.69. The molecule has 1 aliphatic rings. The number of nitrogens with zero attached hydrogens (tertiary/aromatic N) is 6. The highest BCUT2D eigenvalue weighted by molar-refractivity contribution is 5.53. The minimum absolute atomic E-state index is 0.00668. The molecule has 1 saturated heterocycles. The Balaban J connectivity index is 1.71. The van der Waals surface area contributed by atoms with Gasteiger partial charge in [-0.25, -0.2) is 17.6 Å². The predicted molar refractivity (Wildman–Crippen MR) is 117 cm³/mol. The van der Waals surface area contributed by atoms with E-state index in [2.05, 4.69) is 40.8 Å². The molecule has 0 unspecified atom stereocenters. The number of nitrogens with one attached hydrogen (secondary N) is 3. The number of halogens is 4. The normalized spacial score (nSPS) is 17.0. The van der Waals surface area contributed by atoms with E-state index in [-0.39, 0.29) is 49.9 Å². The molecule has 0 aromatic carbocycles. The lowest BCUT2D eigenvalue weighted by molar-refractivity contribution is 0.0199. The van der Waals surface area contributed by atoms with Crippen LogP contribution in [-0.2, 0) is 9.47 Å². The number of hydrogen-bond acceptors (Lipinski definition) is 10. The van der Waals surface area contributed by atoms with Gasteiger partial charge >= 0.3 is 0 Å². The van der Waals surface area contributed by atoms with Gasteiger partial charge in [-0.1, -0.05) is 0 Å². The van der Waals surface area contributed by atoms with Crippen molar-refractivity contribution in [2.24, 2.45) is 0 Å². The van der Waals surface area contributed by atoms with Crippen LogP contribution in [0.1, 0.15) is 17.4 Å². The molecule has 11 nitrogen and oxygen atoms in total. The Kier molecular flexibility index (Phi) is 7.55. The second kappa shape index (κ2) is 10.8. The average molecular weight is 497 g/mol. The van der Waals surface area contributed by atoms with E-state index in [1.54, 1.807) is 13.0 Å². The molecule has 15 heteroatoms. The van der Waals surface area contributed by atoms with Crippen molar-refractivity contribution in [3.05, 3.63) is 41.4 Å². The van der Waals surface area contributed by atoms with Crippen LogP contribution >= 0.6 is 0 Å². The van der Waals surface area contributed by atoms with Crippen LogP contribution in [0.3, 0.4) is 0 Å². The zero-order valence-electron chi connectivity index (χ0n) is 18.8. The van der Waals surface area contributed by atoms with Gasteiger partial charge in [0.25, 0.3) is 6.43 Å². The summed E-state index contributed by atoms with van der Waals surface area (Å²) in [7, 11) is 1.39. The van der Waals surface area contributed by atoms with E-state index in [1.807, 2.05) is 0 Å². The van der Waals surface area contributed by atoms with Crippen LogP contribution in [0, 0.1) is 18.6 Å². The number of aryl methyl sites for hydroxylation is 1. The molecule has 0 bridgehead atoms. The molecule has 188 valence electrons. The van der Waals surface area contributed by atoms with Crippen LogP contribution in [0.4, 0.5) is 41.2 Å². The smallest absolute Gasteiger partial charge is 0.260 e. The fourth-order valence-corrected chi connectivity index (χ4v) is 3.48.